The van der Waals surface area contributed by atoms with Gasteiger partial charge in [-0.15, -0.1) is 0 Å². The second-order valence-electron chi connectivity index (χ2n) is 15.0. The summed E-state index contributed by atoms with van der Waals surface area (Å²) in [5, 5.41) is 31.9. The summed E-state index contributed by atoms with van der Waals surface area (Å²) in [6.07, 6.45) is 8.65. The lowest BCUT2D eigenvalue weighted by Gasteiger charge is -2.69. The van der Waals surface area contributed by atoms with Crippen LogP contribution in [0.25, 0.3) is 0 Å². The molecule has 0 aromatic carbocycles. The fraction of sp³-hybridized carbons (Fsp3) is 0.900. The molecule has 5 aliphatic carbocycles. The van der Waals surface area contributed by atoms with Gasteiger partial charge in [-0.25, -0.2) is 0 Å². The van der Waals surface area contributed by atoms with E-state index in [1.165, 1.54) is 12.8 Å². The van der Waals surface area contributed by atoms with E-state index in [-0.39, 0.29) is 27.1 Å². The van der Waals surface area contributed by atoms with Gasteiger partial charge in [0, 0.05) is 0 Å². The Morgan fingerprint density at radius 3 is 2.09 bits per heavy atom. The second-order valence-corrected chi connectivity index (χ2v) is 15.0. The molecule has 192 valence electrons. The Balaban J connectivity index is 1.60. The molecule has 0 aromatic heterocycles. The number of allylic oxidation sites excluding steroid dienone is 2. The smallest absolute Gasteiger partial charge is 0.309 e. The summed E-state index contributed by atoms with van der Waals surface area (Å²) in [4.78, 5) is 12.3. The first kappa shape index (κ1) is 24.8. The Bertz CT molecular complexity index is 936. The van der Waals surface area contributed by atoms with Crippen molar-refractivity contribution in [2.45, 2.75) is 125 Å². The predicted molar refractivity (Wildman–Crippen MR) is 134 cm³/mol. The first-order chi connectivity index (χ1) is 15.6. The van der Waals surface area contributed by atoms with Crippen LogP contribution in [0, 0.1) is 44.3 Å². The molecule has 0 spiro atoms. The van der Waals surface area contributed by atoms with Gasteiger partial charge in [0.25, 0.3) is 0 Å². The Morgan fingerprint density at radius 2 is 1.44 bits per heavy atom. The van der Waals surface area contributed by atoms with E-state index in [4.69, 9.17) is 0 Å². The largest absolute Gasteiger partial charge is 0.481 e. The van der Waals surface area contributed by atoms with E-state index in [1.54, 1.807) is 11.1 Å². The molecule has 0 heterocycles. The minimum absolute atomic E-state index is 0.0665. The Hall–Kier alpha value is -0.870. The van der Waals surface area contributed by atoms with Gasteiger partial charge in [0.1, 0.15) is 0 Å². The summed E-state index contributed by atoms with van der Waals surface area (Å²) >= 11 is 0. The summed E-state index contributed by atoms with van der Waals surface area (Å²) in [6, 6.07) is 0. The Morgan fingerprint density at radius 1 is 0.794 bits per heavy atom. The third-order valence-electron chi connectivity index (χ3n) is 13.2. The molecular formula is C30H48O4. The van der Waals surface area contributed by atoms with Crippen LogP contribution in [0.3, 0.4) is 0 Å². The number of aliphatic hydroxyl groups is 2. The van der Waals surface area contributed by atoms with E-state index in [0.717, 1.165) is 44.9 Å². The zero-order chi connectivity index (χ0) is 25.1. The molecule has 4 heteroatoms. The number of hydrogen-bond acceptors (Lipinski definition) is 3. The van der Waals surface area contributed by atoms with Crippen LogP contribution in [0.5, 0.6) is 0 Å². The Kier molecular flexibility index (Phi) is 5.20. The Labute approximate surface area is 206 Å². The summed E-state index contributed by atoms with van der Waals surface area (Å²) < 4.78 is 0. The maximum Gasteiger partial charge on any atom is 0.309 e. The molecule has 0 amide bonds. The van der Waals surface area contributed by atoms with Gasteiger partial charge in [0.15, 0.2) is 0 Å². The first-order valence-electron chi connectivity index (χ1n) is 13.9. The standard InChI is InChI=1S/C30H48O4/c1-25(2)21-9-8-19-18(28(21,5)16-20(31)23(25)32)10-11-30(7)22-17-27(4,24(33)34)13-12-26(22,3)14-15-29(19,30)6/h20-23,31-32H,8-17H2,1-7H3,(H,33,34). The fourth-order valence-corrected chi connectivity index (χ4v) is 10.6. The number of carboxylic acids is 1. The van der Waals surface area contributed by atoms with Crippen molar-refractivity contribution in [2.75, 3.05) is 0 Å². The van der Waals surface area contributed by atoms with Crippen molar-refractivity contribution in [1.29, 1.82) is 0 Å². The average molecular weight is 473 g/mol. The van der Waals surface area contributed by atoms with Gasteiger partial charge >= 0.3 is 5.97 Å². The van der Waals surface area contributed by atoms with Crippen molar-refractivity contribution in [1.82, 2.24) is 0 Å². The van der Waals surface area contributed by atoms with Crippen LogP contribution < -0.4 is 0 Å². The molecule has 34 heavy (non-hydrogen) atoms. The highest BCUT2D eigenvalue weighted by Gasteiger charge is 2.67. The lowest BCUT2D eigenvalue weighted by molar-refractivity contribution is -0.180. The topological polar surface area (TPSA) is 77.8 Å². The van der Waals surface area contributed by atoms with Crippen molar-refractivity contribution in [2.24, 2.45) is 44.3 Å². The maximum absolute atomic E-state index is 12.3. The average Bonchev–Trinajstić information content (AvgIpc) is 2.75. The predicted octanol–water partition coefficient (Wildman–Crippen LogP) is 6.35. The van der Waals surface area contributed by atoms with Crippen LogP contribution in [0.15, 0.2) is 11.1 Å². The third kappa shape index (κ3) is 2.88. The molecule has 0 radical (unpaired) electrons. The summed E-state index contributed by atoms with van der Waals surface area (Å²) in [7, 11) is 0. The van der Waals surface area contributed by atoms with Crippen molar-refractivity contribution in [3.05, 3.63) is 11.1 Å². The molecule has 3 fully saturated rings. The number of rotatable bonds is 1. The van der Waals surface area contributed by atoms with Crippen LogP contribution in [0.2, 0.25) is 0 Å². The van der Waals surface area contributed by atoms with E-state index in [9.17, 15) is 20.1 Å². The van der Waals surface area contributed by atoms with Crippen molar-refractivity contribution in [3.63, 3.8) is 0 Å². The lowest BCUT2D eigenvalue weighted by Crippen LogP contribution is -2.63. The van der Waals surface area contributed by atoms with Gasteiger partial charge in [-0.3, -0.25) is 4.79 Å². The van der Waals surface area contributed by atoms with Gasteiger partial charge in [-0.2, -0.15) is 0 Å². The summed E-state index contributed by atoms with van der Waals surface area (Å²) in [5.41, 5.74) is 2.66. The van der Waals surface area contributed by atoms with E-state index in [1.807, 2.05) is 6.92 Å². The highest BCUT2D eigenvalue weighted by Crippen LogP contribution is 2.75. The molecule has 0 bridgehead atoms. The van der Waals surface area contributed by atoms with E-state index in [0.29, 0.717) is 18.3 Å². The zero-order valence-corrected chi connectivity index (χ0v) is 22.6. The number of hydrogen-bond donors (Lipinski definition) is 3. The lowest BCUT2D eigenvalue weighted by atomic mass is 9.35. The monoisotopic (exact) mass is 472 g/mol. The van der Waals surface area contributed by atoms with Crippen LogP contribution in [-0.2, 0) is 4.79 Å². The summed E-state index contributed by atoms with van der Waals surface area (Å²) in [6.45, 7) is 16.1. The molecule has 0 saturated heterocycles. The van der Waals surface area contributed by atoms with Crippen LogP contribution in [-0.4, -0.2) is 33.5 Å². The van der Waals surface area contributed by atoms with E-state index in [2.05, 4.69) is 41.5 Å². The zero-order valence-electron chi connectivity index (χ0n) is 22.6. The maximum atomic E-state index is 12.3. The van der Waals surface area contributed by atoms with Crippen LogP contribution in [0.4, 0.5) is 0 Å². The fourth-order valence-electron chi connectivity index (χ4n) is 10.6. The molecule has 0 aliphatic heterocycles. The SMILES string of the molecule is CC1(C(=O)O)CCC2(C)CCC3(C)C4=C(CCC3(C)C2C1)C1(C)CC(O)C(O)C(C)(C)C1CC4. The first-order valence-corrected chi connectivity index (χ1v) is 13.9. The minimum Gasteiger partial charge on any atom is -0.481 e. The number of aliphatic carboxylic acids is 1. The third-order valence-corrected chi connectivity index (χ3v) is 13.2. The van der Waals surface area contributed by atoms with Gasteiger partial charge < -0.3 is 15.3 Å². The van der Waals surface area contributed by atoms with Crippen LogP contribution >= 0.6 is 0 Å². The quantitative estimate of drug-likeness (QED) is 0.389. The molecular weight excluding hydrogens is 424 g/mol. The summed E-state index contributed by atoms with van der Waals surface area (Å²) in [5.74, 6) is 0.179. The normalized spacial score (nSPS) is 54.4. The molecule has 9 unspecified atom stereocenters. The van der Waals surface area contributed by atoms with Gasteiger partial charge in [-0.05, 0) is 110 Å². The van der Waals surface area contributed by atoms with Gasteiger partial charge in [0.2, 0.25) is 0 Å². The van der Waals surface area contributed by atoms with E-state index >= 15 is 0 Å². The second kappa shape index (κ2) is 7.12. The van der Waals surface area contributed by atoms with Crippen molar-refractivity contribution < 1.29 is 20.1 Å². The molecule has 4 nitrogen and oxygen atoms in total. The van der Waals surface area contributed by atoms with Crippen LogP contribution in [0.1, 0.15) is 113 Å². The van der Waals surface area contributed by atoms with Crippen molar-refractivity contribution in [3.8, 4) is 0 Å². The molecule has 0 aromatic rings. The number of aliphatic hydroxyl groups excluding tert-OH is 2. The molecule has 3 saturated carbocycles. The molecule has 5 aliphatic rings. The number of carboxylic acid groups (broad SMARTS) is 1. The van der Waals surface area contributed by atoms with Crippen molar-refractivity contribution >= 4 is 5.97 Å². The highest BCUT2D eigenvalue weighted by atomic mass is 16.4. The van der Waals surface area contributed by atoms with Gasteiger partial charge in [-0.1, -0.05) is 52.7 Å². The van der Waals surface area contributed by atoms with Gasteiger partial charge in [0.05, 0.1) is 17.6 Å². The molecule has 9 atom stereocenters. The van der Waals surface area contributed by atoms with E-state index < -0.39 is 23.6 Å². The number of carbonyl (C=O) groups is 1. The minimum atomic E-state index is -0.673. The molecule has 3 N–H and O–H groups in total. The molecule has 5 rings (SSSR count). The number of fused-ring (bicyclic) bond motifs is 6. The highest BCUT2D eigenvalue weighted by molar-refractivity contribution is 5.74.